The van der Waals surface area contributed by atoms with Crippen LogP contribution in [0.2, 0.25) is 0 Å². The summed E-state index contributed by atoms with van der Waals surface area (Å²) in [5, 5.41) is 12.7. The van der Waals surface area contributed by atoms with Gasteiger partial charge in [0.25, 0.3) is 5.89 Å². The van der Waals surface area contributed by atoms with E-state index in [1.165, 1.54) is 5.56 Å². The molecule has 0 spiro atoms. The summed E-state index contributed by atoms with van der Waals surface area (Å²) < 4.78 is 13.1. The first-order valence-electron chi connectivity index (χ1n) is 10.5. The molecular formula is C24H22N6O2. The second kappa shape index (κ2) is 8.22. The van der Waals surface area contributed by atoms with Crippen molar-refractivity contribution in [3.8, 4) is 34.4 Å². The van der Waals surface area contributed by atoms with Gasteiger partial charge in [-0.15, -0.1) is 5.10 Å². The molecule has 0 atom stereocenters. The van der Waals surface area contributed by atoms with Crippen LogP contribution in [-0.2, 0) is 13.0 Å². The monoisotopic (exact) mass is 426 g/mol. The molecule has 8 heteroatoms. The molecule has 8 nitrogen and oxygen atoms in total. The fraction of sp³-hybridized carbons (Fsp3) is 0.208. The molecule has 32 heavy (non-hydrogen) atoms. The minimum absolute atomic E-state index is 0.338. The Bertz CT molecular complexity index is 1350. The van der Waals surface area contributed by atoms with Gasteiger partial charge in [0.1, 0.15) is 11.5 Å². The lowest BCUT2D eigenvalue weighted by atomic mass is 10.1. The standard InChI is InChI=1S/C24H22N6O2/c1-4-17-10-12-18(13-11-17)22-26-24(32-28-22)21-15(2)30(29-27-21)14-20-16(3)31-23(25-20)19-8-6-5-7-9-19/h5-13H,4,14H2,1-3H3. The smallest absolute Gasteiger partial charge is 0.280 e. The molecule has 0 bridgehead atoms. The quantitative estimate of drug-likeness (QED) is 0.382. The Morgan fingerprint density at radius 3 is 2.41 bits per heavy atom. The van der Waals surface area contributed by atoms with E-state index in [9.17, 15) is 0 Å². The van der Waals surface area contributed by atoms with Crippen molar-refractivity contribution in [1.82, 2.24) is 30.1 Å². The van der Waals surface area contributed by atoms with Crippen molar-refractivity contribution in [2.45, 2.75) is 33.7 Å². The zero-order valence-electron chi connectivity index (χ0n) is 18.1. The molecule has 160 valence electrons. The normalized spacial score (nSPS) is 11.2. The first-order valence-corrected chi connectivity index (χ1v) is 10.5. The third-order valence-corrected chi connectivity index (χ3v) is 5.44. The van der Waals surface area contributed by atoms with Crippen LogP contribution in [0.4, 0.5) is 0 Å². The zero-order valence-corrected chi connectivity index (χ0v) is 18.1. The van der Waals surface area contributed by atoms with Crippen molar-refractivity contribution in [2.24, 2.45) is 0 Å². The molecule has 5 aromatic rings. The summed E-state index contributed by atoms with van der Waals surface area (Å²) in [6, 6.07) is 17.9. The molecule has 0 saturated carbocycles. The number of oxazole rings is 1. The van der Waals surface area contributed by atoms with Gasteiger partial charge in [-0.05, 0) is 38.0 Å². The van der Waals surface area contributed by atoms with E-state index in [0.717, 1.165) is 34.7 Å². The number of hydrogen-bond donors (Lipinski definition) is 0. The van der Waals surface area contributed by atoms with E-state index >= 15 is 0 Å². The van der Waals surface area contributed by atoms with E-state index in [4.69, 9.17) is 8.94 Å². The summed E-state index contributed by atoms with van der Waals surface area (Å²) in [4.78, 5) is 9.17. The van der Waals surface area contributed by atoms with Crippen LogP contribution in [0.15, 0.2) is 63.5 Å². The van der Waals surface area contributed by atoms with Crippen LogP contribution in [-0.4, -0.2) is 30.1 Å². The van der Waals surface area contributed by atoms with Crippen molar-refractivity contribution in [3.63, 3.8) is 0 Å². The number of aromatic nitrogens is 6. The first kappa shape index (κ1) is 19.9. The van der Waals surface area contributed by atoms with E-state index in [1.807, 2.05) is 56.3 Å². The number of hydrogen-bond acceptors (Lipinski definition) is 7. The maximum absolute atomic E-state index is 5.86. The van der Waals surface area contributed by atoms with Gasteiger partial charge in [-0.25, -0.2) is 9.67 Å². The SMILES string of the molecule is CCc1ccc(-c2noc(-c3nnn(Cc4nc(-c5ccccc5)oc4C)c3C)n2)cc1. The molecule has 0 aliphatic heterocycles. The molecule has 0 saturated heterocycles. The lowest BCUT2D eigenvalue weighted by Gasteiger charge is -2.00. The van der Waals surface area contributed by atoms with Crippen molar-refractivity contribution in [3.05, 3.63) is 77.3 Å². The molecular weight excluding hydrogens is 404 g/mol. The highest BCUT2D eigenvalue weighted by Crippen LogP contribution is 2.25. The maximum atomic E-state index is 5.86. The number of rotatable bonds is 6. The number of benzene rings is 2. The molecule has 0 N–H and O–H groups in total. The van der Waals surface area contributed by atoms with E-state index in [0.29, 0.717) is 29.8 Å². The summed E-state index contributed by atoms with van der Waals surface area (Å²) in [5.74, 6) is 2.20. The van der Waals surface area contributed by atoms with Gasteiger partial charge in [0.05, 0.1) is 12.2 Å². The highest BCUT2D eigenvalue weighted by atomic mass is 16.5. The van der Waals surface area contributed by atoms with Gasteiger partial charge < -0.3 is 8.94 Å². The Kier molecular flexibility index (Phi) is 5.10. The predicted molar refractivity (Wildman–Crippen MR) is 119 cm³/mol. The lowest BCUT2D eigenvalue weighted by molar-refractivity contribution is 0.430. The summed E-state index contributed by atoms with van der Waals surface area (Å²) in [6.07, 6.45) is 0.984. The van der Waals surface area contributed by atoms with Crippen LogP contribution in [0, 0.1) is 13.8 Å². The maximum Gasteiger partial charge on any atom is 0.280 e. The van der Waals surface area contributed by atoms with Crippen LogP contribution in [0.3, 0.4) is 0 Å². The van der Waals surface area contributed by atoms with Crippen molar-refractivity contribution in [2.75, 3.05) is 0 Å². The van der Waals surface area contributed by atoms with Gasteiger partial charge in [0.2, 0.25) is 11.7 Å². The second-order valence-electron chi connectivity index (χ2n) is 7.54. The molecule has 3 heterocycles. The molecule has 0 aliphatic carbocycles. The highest BCUT2D eigenvalue weighted by Gasteiger charge is 2.20. The van der Waals surface area contributed by atoms with Gasteiger partial charge in [0, 0.05) is 11.1 Å². The van der Waals surface area contributed by atoms with Gasteiger partial charge >= 0.3 is 0 Å². The third-order valence-electron chi connectivity index (χ3n) is 5.44. The van der Waals surface area contributed by atoms with Crippen LogP contribution >= 0.6 is 0 Å². The number of aryl methyl sites for hydroxylation is 2. The van der Waals surface area contributed by atoms with Crippen molar-refractivity contribution < 1.29 is 8.94 Å². The van der Waals surface area contributed by atoms with E-state index in [2.05, 4.69) is 44.5 Å². The fourth-order valence-electron chi connectivity index (χ4n) is 3.46. The van der Waals surface area contributed by atoms with E-state index in [-0.39, 0.29) is 0 Å². The Morgan fingerprint density at radius 1 is 0.875 bits per heavy atom. The van der Waals surface area contributed by atoms with Crippen molar-refractivity contribution in [1.29, 1.82) is 0 Å². The average Bonchev–Trinajstić information content (AvgIpc) is 3.55. The minimum Gasteiger partial charge on any atom is -0.441 e. The Labute approximate surface area is 184 Å². The third kappa shape index (κ3) is 3.71. The highest BCUT2D eigenvalue weighted by molar-refractivity contribution is 5.59. The lowest BCUT2D eigenvalue weighted by Crippen LogP contribution is -2.05. The fourth-order valence-corrected chi connectivity index (χ4v) is 3.46. The largest absolute Gasteiger partial charge is 0.441 e. The molecule has 0 fully saturated rings. The van der Waals surface area contributed by atoms with E-state index < -0.39 is 0 Å². The first-order chi connectivity index (χ1) is 15.6. The molecule has 0 aliphatic rings. The summed E-state index contributed by atoms with van der Waals surface area (Å²) in [6.45, 7) is 6.37. The average molecular weight is 426 g/mol. The van der Waals surface area contributed by atoms with Gasteiger partial charge in [-0.1, -0.05) is 59.8 Å². The summed E-state index contributed by atoms with van der Waals surface area (Å²) in [7, 11) is 0. The molecule has 2 aromatic carbocycles. The second-order valence-corrected chi connectivity index (χ2v) is 7.54. The van der Waals surface area contributed by atoms with Gasteiger partial charge in [-0.2, -0.15) is 4.98 Å². The zero-order chi connectivity index (χ0) is 22.1. The van der Waals surface area contributed by atoms with Crippen LogP contribution in [0.1, 0.15) is 29.6 Å². The van der Waals surface area contributed by atoms with Crippen LogP contribution in [0.25, 0.3) is 34.4 Å². The Morgan fingerprint density at radius 2 is 1.66 bits per heavy atom. The predicted octanol–water partition coefficient (Wildman–Crippen LogP) is 4.88. The number of nitrogens with zero attached hydrogens (tertiary/aromatic N) is 6. The summed E-state index contributed by atoms with van der Waals surface area (Å²) in [5.41, 5.74) is 5.25. The van der Waals surface area contributed by atoms with Crippen LogP contribution in [0.5, 0.6) is 0 Å². The molecule has 0 amide bonds. The topological polar surface area (TPSA) is 95.7 Å². The Balaban J connectivity index is 1.39. The van der Waals surface area contributed by atoms with Crippen LogP contribution < -0.4 is 0 Å². The van der Waals surface area contributed by atoms with Gasteiger partial charge in [0.15, 0.2) is 5.69 Å². The Hall–Kier alpha value is -4.07. The molecule has 3 aromatic heterocycles. The molecule has 5 rings (SSSR count). The van der Waals surface area contributed by atoms with Crippen molar-refractivity contribution >= 4 is 0 Å². The summed E-state index contributed by atoms with van der Waals surface area (Å²) >= 11 is 0. The van der Waals surface area contributed by atoms with E-state index in [1.54, 1.807) is 4.68 Å². The molecule has 0 unspecified atom stereocenters. The molecule has 0 radical (unpaired) electrons. The van der Waals surface area contributed by atoms with Gasteiger partial charge in [-0.3, -0.25) is 0 Å². The minimum atomic E-state index is 0.338.